The van der Waals surface area contributed by atoms with Gasteiger partial charge in [-0.15, -0.1) is 0 Å². The van der Waals surface area contributed by atoms with E-state index in [4.69, 9.17) is 14.2 Å². The third-order valence-corrected chi connectivity index (χ3v) is 11.2. The number of unbranched alkanes of at least 4 members (excludes halogenated alkanes) is 15. The van der Waals surface area contributed by atoms with Gasteiger partial charge in [-0.05, 0) is 96.3 Å². The Bertz CT molecular complexity index is 1510. The first-order valence-corrected chi connectivity index (χ1v) is 27.7. The van der Waals surface area contributed by atoms with Gasteiger partial charge in [-0.2, -0.15) is 0 Å². The summed E-state index contributed by atoms with van der Waals surface area (Å²) in [5.74, 6) is -1.11. The van der Waals surface area contributed by atoms with E-state index in [0.717, 1.165) is 83.5 Å². The van der Waals surface area contributed by atoms with Crippen molar-refractivity contribution in [3.05, 3.63) is 134 Å². The second-order valence-corrected chi connectivity index (χ2v) is 17.8. The minimum Gasteiger partial charge on any atom is -0.462 e. The largest absolute Gasteiger partial charge is 0.462 e. The van der Waals surface area contributed by atoms with Crippen molar-refractivity contribution < 1.29 is 28.6 Å². The van der Waals surface area contributed by atoms with Crippen LogP contribution in [0.5, 0.6) is 0 Å². The molecule has 1 atom stereocenters. The average Bonchev–Trinajstić information content (AvgIpc) is 3.35. The summed E-state index contributed by atoms with van der Waals surface area (Å²) >= 11 is 0. The maximum absolute atomic E-state index is 12.8. The van der Waals surface area contributed by atoms with Gasteiger partial charge in [-0.3, -0.25) is 14.4 Å². The van der Waals surface area contributed by atoms with Gasteiger partial charge in [0.1, 0.15) is 13.2 Å². The maximum Gasteiger partial charge on any atom is 0.306 e. The van der Waals surface area contributed by atoms with Crippen molar-refractivity contribution in [1.29, 1.82) is 0 Å². The molecule has 0 spiro atoms. The van der Waals surface area contributed by atoms with E-state index >= 15 is 0 Å². The Morgan fingerprint density at radius 2 is 0.594 bits per heavy atom. The van der Waals surface area contributed by atoms with Crippen LogP contribution in [0.25, 0.3) is 0 Å². The van der Waals surface area contributed by atoms with Gasteiger partial charge in [0, 0.05) is 19.3 Å². The molecular formula is C63H100O6. The molecule has 0 N–H and O–H groups in total. The third kappa shape index (κ3) is 54.4. The molecule has 0 aromatic heterocycles. The monoisotopic (exact) mass is 953 g/mol. The molecule has 0 bridgehead atoms. The van der Waals surface area contributed by atoms with Gasteiger partial charge in [0.15, 0.2) is 6.10 Å². The maximum atomic E-state index is 12.8. The lowest BCUT2D eigenvalue weighted by molar-refractivity contribution is -0.166. The van der Waals surface area contributed by atoms with Gasteiger partial charge in [-0.25, -0.2) is 0 Å². The van der Waals surface area contributed by atoms with Crippen LogP contribution < -0.4 is 0 Å². The van der Waals surface area contributed by atoms with Crippen molar-refractivity contribution in [2.45, 2.75) is 232 Å². The molecule has 0 radical (unpaired) electrons. The highest BCUT2D eigenvalue weighted by Crippen LogP contribution is 2.14. The van der Waals surface area contributed by atoms with Crippen LogP contribution in [0.4, 0.5) is 0 Å². The number of hydrogen-bond donors (Lipinski definition) is 0. The summed E-state index contributed by atoms with van der Waals surface area (Å²) in [7, 11) is 0. The summed E-state index contributed by atoms with van der Waals surface area (Å²) in [4.78, 5) is 38.0. The molecule has 0 saturated carbocycles. The topological polar surface area (TPSA) is 78.9 Å². The van der Waals surface area contributed by atoms with Gasteiger partial charge < -0.3 is 14.2 Å². The summed E-state index contributed by atoms with van der Waals surface area (Å²) < 4.78 is 16.7. The van der Waals surface area contributed by atoms with Gasteiger partial charge in [0.05, 0.1) is 0 Å². The number of hydrogen-bond acceptors (Lipinski definition) is 6. The molecule has 0 heterocycles. The quantitative estimate of drug-likeness (QED) is 0.0262. The van der Waals surface area contributed by atoms with E-state index in [1.807, 2.05) is 24.3 Å². The van der Waals surface area contributed by atoms with Gasteiger partial charge in [0.2, 0.25) is 0 Å². The van der Waals surface area contributed by atoms with E-state index in [-0.39, 0.29) is 38.0 Å². The lowest BCUT2D eigenvalue weighted by Crippen LogP contribution is -2.30. The Morgan fingerprint density at radius 1 is 0.304 bits per heavy atom. The molecular weight excluding hydrogens is 853 g/mol. The van der Waals surface area contributed by atoms with Crippen LogP contribution in [0, 0.1) is 0 Å². The predicted molar refractivity (Wildman–Crippen MR) is 297 cm³/mol. The molecule has 0 amide bonds. The number of carbonyl (C=O) groups is 3. The van der Waals surface area contributed by atoms with Gasteiger partial charge in [0.25, 0.3) is 0 Å². The fourth-order valence-electron chi connectivity index (χ4n) is 7.04. The van der Waals surface area contributed by atoms with Crippen LogP contribution in [0.2, 0.25) is 0 Å². The number of allylic oxidation sites excluding steroid dienone is 22. The first-order chi connectivity index (χ1) is 34.0. The number of rotatable bonds is 48. The summed E-state index contributed by atoms with van der Waals surface area (Å²) in [5, 5.41) is 0. The van der Waals surface area contributed by atoms with Crippen molar-refractivity contribution in [3.63, 3.8) is 0 Å². The fraction of sp³-hybridized carbons (Fsp3) is 0.603. The molecule has 0 aromatic rings. The Morgan fingerprint density at radius 3 is 0.971 bits per heavy atom. The lowest BCUT2D eigenvalue weighted by atomic mass is 10.0. The zero-order valence-corrected chi connectivity index (χ0v) is 44.3. The van der Waals surface area contributed by atoms with E-state index in [1.165, 1.54) is 89.9 Å². The summed E-state index contributed by atoms with van der Waals surface area (Å²) in [6.45, 7) is 6.36. The van der Waals surface area contributed by atoms with E-state index in [0.29, 0.717) is 19.3 Å². The number of esters is 3. The third-order valence-electron chi connectivity index (χ3n) is 11.2. The Labute approximate surface area is 424 Å². The van der Waals surface area contributed by atoms with Crippen LogP contribution in [0.1, 0.15) is 226 Å². The highest BCUT2D eigenvalue weighted by molar-refractivity contribution is 5.71. The zero-order valence-electron chi connectivity index (χ0n) is 44.3. The van der Waals surface area contributed by atoms with Crippen LogP contribution in [-0.2, 0) is 28.6 Å². The highest BCUT2D eigenvalue weighted by Gasteiger charge is 2.19. The minimum atomic E-state index is -0.851. The summed E-state index contributed by atoms with van der Waals surface area (Å²) in [6.07, 6.45) is 78.9. The van der Waals surface area contributed by atoms with Crippen LogP contribution >= 0.6 is 0 Å². The molecule has 6 nitrogen and oxygen atoms in total. The van der Waals surface area contributed by atoms with E-state index < -0.39 is 12.1 Å². The Kier molecular flexibility index (Phi) is 52.5. The Balaban J connectivity index is 4.63. The molecule has 0 fully saturated rings. The molecule has 0 rings (SSSR count). The predicted octanol–water partition coefficient (Wildman–Crippen LogP) is 18.6. The normalized spacial score (nSPS) is 13.1. The molecule has 0 saturated heterocycles. The van der Waals surface area contributed by atoms with Gasteiger partial charge in [-0.1, -0.05) is 244 Å². The molecule has 388 valence electrons. The minimum absolute atomic E-state index is 0.134. The molecule has 69 heavy (non-hydrogen) atoms. The molecule has 0 unspecified atom stereocenters. The molecule has 6 heteroatoms. The second kappa shape index (κ2) is 56.1. The van der Waals surface area contributed by atoms with Gasteiger partial charge >= 0.3 is 17.9 Å². The fourth-order valence-corrected chi connectivity index (χ4v) is 7.04. The van der Waals surface area contributed by atoms with Crippen molar-refractivity contribution in [2.75, 3.05) is 13.2 Å². The summed E-state index contributed by atoms with van der Waals surface area (Å²) in [5.41, 5.74) is 0. The molecule has 0 aromatic carbocycles. The summed E-state index contributed by atoms with van der Waals surface area (Å²) in [6, 6.07) is 0. The van der Waals surface area contributed by atoms with Crippen LogP contribution in [0.3, 0.4) is 0 Å². The second-order valence-electron chi connectivity index (χ2n) is 17.8. The Hall–Kier alpha value is -4.45. The first-order valence-electron chi connectivity index (χ1n) is 27.7. The molecule has 0 aliphatic carbocycles. The molecule has 0 aliphatic rings. The van der Waals surface area contributed by atoms with Crippen molar-refractivity contribution >= 4 is 17.9 Å². The number of ether oxygens (including phenoxy) is 3. The van der Waals surface area contributed by atoms with E-state index in [2.05, 4.69) is 130 Å². The van der Waals surface area contributed by atoms with Crippen LogP contribution in [0.15, 0.2) is 134 Å². The van der Waals surface area contributed by atoms with Crippen molar-refractivity contribution in [2.24, 2.45) is 0 Å². The first kappa shape index (κ1) is 64.5. The van der Waals surface area contributed by atoms with E-state index in [1.54, 1.807) is 0 Å². The van der Waals surface area contributed by atoms with Crippen LogP contribution in [-0.4, -0.2) is 37.2 Å². The zero-order chi connectivity index (χ0) is 50.0. The average molecular weight is 953 g/mol. The highest BCUT2D eigenvalue weighted by atomic mass is 16.6. The van der Waals surface area contributed by atoms with Crippen molar-refractivity contribution in [3.8, 4) is 0 Å². The number of carbonyl (C=O) groups excluding carboxylic acids is 3. The van der Waals surface area contributed by atoms with E-state index in [9.17, 15) is 14.4 Å². The SMILES string of the molecule is CC/C=C\C/C=C\C/C=C\C/C=C\C/C=C\C/C=C\CCC(=O)OC[C@H](COC(=O)CCCCCCCCCCCCCCC)OC(=O)CC/C=C\C/C=C\C/C=C\C/C=C\C/C=C\CCCCC. The standard InChI is InChI=1S/C63H100O6/c1-4-7-10-13-16-19-22-25-27-29-31-33-35-38-41-44-47-50-53-56-62(65)68-59-60(58-67-61(64)55-52-49-46-43-40-37-24-21-18-15-12-9-6-3)69-63(66)57-54-51-48-45-42-39-36-34-32-30-28-26-23-20-17-14-11-8-5-2/h7,10,16-17,19-20,25-28,31-34,38-39,41-42,47-48,50-51,60H,4-6,8-9,11-15,18,21-24,29-30,35-37,40,43-46,49,52-59H2,1-3H3/b10-7-,19-16-,20-17-,27-25-,28-26-,33-31-,34-32-,41-38-,42-39-,50-47-,51-48-/t60-/m0/s1. The van der Waals surface area contributed by atoms with Crippen molar-refractivity contribution in [1.82, 2.24) is 0 Å². The molecule has 0 aliphatic heterocycles. The smallest absolute Gasteiger partial charge is 0.306 e. The lowest BCUT2D eigenvalue weighted by Gasteiger charge is -2.18.